The third-order valence-corrected chi connectivity index (χ3v) is 3.13. The maximum Gasteiger partial charge on any atom is 0.241 e. The van der Waals surface area contributed by atoms with Crippen molar-refractivity contribution in [2.24, 2.45) is 4.99 Å². The van der Waals surface area contributed by atoms with Gasteiger partial charge in [0.1, 0.15) is 5.60 Å². The molecule has 1 aromatic heterocycles. The lowest BCUT2D eigenvalue weighted by Gasteiger charge is -2.20. The number of pyridine rings is 1. The number of aliphatic imine (C=N–C) groups is 1. The molecular weight excluding hydrogens is 461 g/mol. The Hall–Kier alpha value is -1.62. The summed E-state index contributed by atoms with van der Waals surface area (Å²) >= 11 is 0. The summed E-state index contributed by atoms with van der Waals surface area (Å²) in [7, 11) is 5.06. The van der Waals surface area contributed by atoms with E-state index in [2.05, 4.69) is 20.6 Å². The first kappa shape index (κ1) is 25.4. The lowest BCUT2D eigenvalue weighted by molar-refractivity contribution is -0.127. The van der Waals surface area contributed by atoms with E-state index in [0.29, 0.717) is 31.5 Å². The quantitative estimate of drug-likeness (QED) is 0.248. The maximum atomic E-state index is 11.7. The average molecular weight is 493 g/mol. The number of halogens is 1. The predicted molar refractivity (Wildman–Crippen MR) is 118 cm³/mol. The fourth-order valence-electron chi connectivity index (χ4n) is 1.81. The third-order valence-electron chi connectivity index (χ3n) is 3.13. The van der Waals surface area contributed by atoms with Crippen LogP contribution in [0.4, 0.5) is 0 Å². The summed E-state index contributed by atoms with van der Waals surface area (Å²) < 4.78 is 10.7. The Balaban J connectivity index is 0.00000676. The number of hydrogen-bond donors (Lipinski definition) is 2. The molecule has 0 saturated heterocycles. The minimum Gasteiger partial charge on any atom is -0.472 e. The summed E-state index contributed by atoms with van der Waals surface area (Å²) in [4.78, 5) is 22.1. The van der Waals surface area contributed by atoms with Crippen LogP contribution in [0, 0.1) is 0 Å². The maximum absolute atomic E-state index is 11.7. The Morgan fingerprint density at radius 3 is 2.48 bits per heavy atom. The van der Waals surface area contributed by atoms with Crippen molar-refractivity contribution in [2.75, 3.05) is 40.9 Å². The smallest absolute Gasteiger partial charge is 0.241 e. The van der Waals surface area contributed by atoms with E-state index in [1.54, 1.807) is 27.4 Å². The Labute approximate surface area is 179 Å². The first-order valence-corrected chi connectivity index (χ1v) is 8.56. The standard InChI is InChI=1S/C18H31N5O3.HI/c1-18(2,3)26-15-8-7-14(11-20-15)12-21-17(19-9-10-25-6)22-13-16(24)23(4)5;/h7-8,11H,9-10,12-13H2,1-6H3,(H2,19,21,22);1H. The van der Waals surface area contributed by atoms with Crippen LogP contribution >= 0.6 is 24.0 Å². The van der Waals surface area contributed by atoms with Gasteiger partial charge < -0.3 is 25.0 Å². The number of nitrogens with one attached hydrogen (secondary N) is 2. The predicted octanol–water partition coefficient (Wildman–Crippen LogP) is 1.65. The Bertz CT molecular complexity index is 586. The summed E-state index contributed by atoms with van der Waals surface area (Å²) in [5, 5.41) is 6.15. The van der Waals surface area contributed by atoms with Gasteiger partial charge in [0.05, 0.1) is 19.7 Å². The highest BCUT2D eigenvalue weighted by Crippen LogP contribution is 2.15. The number of methoxy groups -OCH3 is 1. The number of amides is 1. The van der Waals surface area contributed by atoms with Crippen molar-refractivity contribution in [3.63, 3.8) is 0 Å². The molecule has 0 radical (unpaired) electrons. The zero-order chi connectivity index (χ0) is 19.6. The highest BCUT2D eigenvalue weighted by molar-refractivity contribution is 14.0. The van der Waals surface area contributed by atoms with Gasteiger partial charge in [0.25, 0.3) is 0 Å². The van der Waals surface area contributed by atoms with Gasteiger partial charge in [-0.1, -0.05) is 6.07 Å². The van der Waals surface area contributed by atoms with Crippen LogP contribution in [-0.4, -0.2) is 68.3 Å². The molecule has 27 heavy (non-hydrogen) atoms. The fourth-order valence-corrected chi connectivity index (χ4v) is 1.81. The van der Waals surface area contributed by atoms with Crippen LogP contribution < -0.4 is 15.4 Å². The van der Waals surface area contributed by atoms with Gasteiger partial charge in [0.2, 0.25) is 11.8 Å². The topological polar surface area (TPSA) is 88.1 Å². The van der Waals surface area contributed by atoms with Crippen LogP contribution in [0.3, 0.4) is 0 Å². The van der Waals surface area contributed by atoms with E-state index >= 15 is 0 Å². The Morgan fingerprint density at radius 1 is 1.26 bits per heavy atom. The van der Waals surface area contributed by atoms with Gasteiger partial charge in [-0.2, -0.15) is 0 Å². The molecule has 0 aromatic carbocycles. The van der Waals surface area contributed by atoms with Gasteiger partial charge in [0, 0.05) is 40.0 Å². The molecule has 154 valence electrons. The van der Waals surface area contributed by atoms with Gasteiger partial charge in [-0.3, -0.25) is 4.79 Å². The molecule has 0 aliphatic heterocycles. The zero-order valence-corrected chi connectivity index (χ0v) is 19.4. The number of carbonyl (C=O) groups is 1. The molecule has 8 nitrogen and oxygen atoms in total. The molecule has 0 atom stereocenters. The normalized spacial score (nSPS) is 11.4. The van der Waals surface area contributed by atoms with Gasteiger partial charge in [-0.05, 0) is 26.3 Å². The SMILES string of the molecule is COCCNC(=NCc1ccc(OC(C)(C)C)nc1)NCC(=O)N(C)C.I. The first-order chi connectivity index (χ1) is 12.2. The monoisotopic (exact) mass is 493 g/mol. The van der Waals surface area contributed by atoms with E-state index in [1.807, 2.05) is 32.9 Å². The summed E-state index contributed by atoms with van der Waals surface area (Å²) in [5.74, 6) is 1.10. The van der Waals surface area contributed by atoms with E-state index < -0.39 is 0 Å². The molecule has 0 spiro atoms. The summed E-state index contributed by atoms with van der Waals surface area (Å²) in [6.07, 6.45) is 1.74. The van der Waals surface area contributed by atoms with Gasteiger partial charge in [0.15, 0.2) is 5.96 Å². The molecule has 1 rings (SSSR count). The summed E-state index contributed by atoms with van der Waals surface area (Å²) in [5.41, 5.74) is 0.659. The van der Waals surface area contributed by atoms with Crippen molar-refractivity contribution in [3.05, 3.63) is 23.9 Å². The first-order valence-electron chi connectivity index (χ1n) is 8.56. The van der Waals surface area contributed by atoms with Crippen LogP contribution in [0.2, 0.25) is 0 Å². The lowest BCUT2D eigenvalue weighted by atomic mass is 10.2. The zero-order valence-electron chi connectivity index (χ0n) is 17.0. The average Bonchev–Trinajstić information content (AvgIpc) is 2.56. The van der Waals surface area contributed by atoms with Gasteiger partial charge in [-0.15, -0.1) is 24.0 Å². The fraction of sp³-hybridized carbons (Fsp3) is 0.611. The molecule has 0 fully saturated rings. The molecule has 1 heterocycles. The number of likely N-dealkylation sites (N-methyl/N-ethyl adjacent to an activating group) is 1. The second kappa shape index (κ2) is 12.7. The molecule has 0 unspecified atom stereocenters. The second-order valence-corrected chi connectivity index (χ2v) is 6.95. The van der Waals surface area contributed by atoms with E-state index in [9.17, 15) is 4.79 Å². The van der Waals surface area contributed by atoms with E-state index in [-0.39, 0.29) is 42.0 Å². The minimum atomic E-state index is -0.284. The highest BCUT2D eigenvalue weighted by Gasteiger charge is 2.12. The number of aromatic nitrogens is 1. The van der Waals surface area contributed by atoms with Crippen LogP contribution in [0.5, 0.6) is 5.88 Å². The van der Waals surface area contributed by atoms with E-state index in [1.165, 1.54) is 4.90 Å². The Morgan fingerprint density at radius 2 is 1.96 bits per heavy atom. The van der Waals surface area contributed by atoms with Crippen molar-refractivity contribution in [3.8, 4) is 5.88 Å². The molecule has 0 saturated carbocycles. The molecular formula is C18H32IN5O3. The number of hydrogen-bond acceptors (Lipinski definition) is 5. The Kier molecular flexibility index (Phi) is 11.9. The molecule has 9 heteroatoms. The van der Waals surface area contributed by atoms with Gasteiger partial charge in [-0.25, -0.2) is 9.98 Å². The van der Waals surface area contributed by atoms with Crippen molar-refractivity contribution < 1.29 is 14.3 Å². The van der Waals surface area contributed by atoms with E-state index in [0.717, 1.165) is 5.56 Å². The van der Waals surface area contributed by atoms with Crippen LogP contribution in [0.15, 0.2) is 23.3 Å². The van der Waals surface area contributed by atoms with Crippen molar-refractivity contribution in [1.82, 2.24) is 20.5 Å². The molecule has 0 aliphatic carbocycles. The highest BCUT2D eigenvalue weighted by atomic mass is 127. The third kappa shape index (κ3) is 11.6. The number of guanidine groups is 1. The number of nitrogens with zero attached hydrogens (tertiary/aromatic N) is 3. The molecule has 1 amide bonds. The number of carbonyl (C=O) groups excluding carboxylic acids is 1. The lowest BCUT2D eigenvalue weighted by Crippen LogP contribution is -2.43. The van der Waals surface area contributed by atoms with E-state index in [4.69, 9.17) is 9.47 Å². The molecule has 0 aliphatic rings. The van der Waals surface area contributed by atoms with Crippen LogP contribution in [0.1, 0.15) is 26.3 Å². The van der Waals surface area contributed by atoms with Crippen LogP contribution in [0.25, 0.3) is 0 Å². The van der Waals surface area contributed by atoms with Crippen molar-refractivity contribution >= 4 is 35.8 Å². The van der Waals surface area contributed by atoms with Gasteiger partial charge >= 0.3 is 0 Å². The molecule has 2 N–H and O–H groups in total. The minimum absolute atomic E-state index is 0. The van der Waals surface area contributed by atoms with Crippen molar-refractivity contribution in [2.45, 2.75) is 32.9 Å². The summed E-state index contributed by atoms with van der Waals surface area (Å²) in [6, 6.07) is 3.76. The molecule has 1 aromatic rings. The molecule has 0 bridgehead atoms. The van der Waals surface area contributed by atoms with Crippen LogP contribution in [-0.2, 0) is 16.1 Å². The summed E-state index contributed by atoms with van der Waals surface area (Å²) in [6.45, 7) is 7.67. The largest absolute Gasteiger partial charge is 0.472 e. The van der Waals surface area contributed by atoms with Crippen molar-refractivity contribution in [1.29, 1.82) is 0 Å². The number of rotatable bonds is 8. The number of ether oxygens (including phenoxy) is 2. The second-order valence-electron chi connectivity index (χ2n) is 6.95.